The average Bonchev–Trinajstić information content (AvgIpc) is 2.79. The van der Waals surface area contributed by atoms with Crippen LogP contribution in [0.1, 0.15) is 11.1 Å². The van der Waals surface area contributed by atoms with Gasteiger partial charge < -0.3 is 5.11 Å². The van der Waals surface area contributed by atoms with E-state index < -0.39 is 5.97 Å². The first-order valence-corrected chi connectivity index (χ1v) is 5.03. The van der Waals surface area contributed by atoms with E-state index in [9.17, 15) is 4.79 Å². The monoisotopic (exact) mass is 229 g/mol. The first kappa shape index (κ1) is 11.1. The second-order valence-corrected chi connectivity index (χ2v) is 3.56. The van der Waals surface area contributed by atoms with Crippen molar-refractivity contribution in [1.29, 1.82) is 0 Å². The van der Waals surface area contributed by atoms with Crippen LogP contribution in [0.3, 0.4) is 0 Å². The molecule has 0 aliphatic heterocycles. The molecule has 0 atom stereocenters. The van der Waals surface area contributed by atoms with E-state index in [1.54, 1.807) is 17.1 Å². The Morgan fingerprint density at radius 2 is 2.29 bits per heavy atom. The Morgan fingerprint density at radius 3 is 2.88 bits per heavy atom. The highest BCUT2D eigenvalue weighted by Gasteiger charge is 2.01. The molecule has 2 rings (SSSR count). The van der Waals surface area contributed by atoms with E-state index in [2.05, 4.69) is 10.1 Å². The summed E-state index contributed by atoms with van der Waals surface area (Å²) in [5.41, 5.74) is 2.77. The lowest BCUT2D eigenvalue weighted by Crippen LogP contribution is -1.97. The molecule has 0 fully saturated rings. The van der Waals surface area contributed by atoms with E-state index in [1.165, 1.54) is 6.33 Å². The second-order valence-electron chi connectivity index (χ2n) is 3.56. The predicted molar refractivity (Wildman–Crippen MR) is 62.8 cm³/mol. The molecule has 1 heterocycles. The third kappa shape index (κ3) is 2.57. The first-order valence-electron chi connectivity index (χ1n) is 5.03. The molecule has 2 aromatic rings. The fourth-order valence-corrected chi connectivity index (χ4v) is 1.54. The van der Waals surface area contributed by atoms with Crippen LogP contribution in [0.4, 0.5) is 0 Å². The van der Waals surface area contributed by atoms with E-state index >= 15 is 0 Å². The molecule has 1 aromatic carbocycles. The van der Waals surface area contributed by atoms with E-state index in [1.807, 2.05) is 25.1 Å². The maximum Gasteiger partial charge on any atom is 0.328 e. The van der Waals surface area contributed by atoms with E-state index in [-0.39, 0.29) is 0 Å². The second kappa shape index (κ2) is 4.61. The lowest BCUT2D eigenvalue weighted by molar-refractivity contribution is -0.131. The quantitative estimate of drug-likeness (QED) is 0.813. The van der Waals surface area contributed by atoms with Gasteiger partial charge in [-0.2, -0.15) is 5.10 Å². The number of aryl methyl sites for hydroxylation is 1. The number of aliphatic carboxylic acids is 1. The summed E-state index contributed by atoms with van der Waals surface area (Å²) in [4.78, 5) is 14.3. The topological polar surface area (TPSA) is 68.0 Å². The molecule has 0 amide bonds. The van der Waals surface area contributed by atoms with Crippen molar-refractivity contribution in [1.82, 2.24) is 14.8 Å². The van der Waals surface area contributed by atoms with Gasteiger partial charge in [0.25, 0.3) is 0 Å². The van der Waals surface area contributed by atoms with Crippen LogP contribution < -0.4 is 0 Å². The highest BCUT2D eigenvalue weighted by molar-refractivity contribution is 5.85. The summed E-state index contributed by atoms with van der Waals surface area (Å²) in [6.07, 6.45) is 5.76. The smallest absolute Gasteiger partial charge is 0.328 e. The molecule has 0 spiro atoms. The molecular weight excluding hydrogens is 218 g/mol. The number of rotatable bonds is 3. The molecule has 1 N–H and O–H groups in total. The number of aromatic nitrogens is 3. The Balaban J connectivity index is 2.32. The summed E-state index contributed by atoms with van der Waals surface area (Å²) in [5, 5.41) is 12.6. The molecule has 5 heteroatoms. The van der Waals surface area contributed by atoms with Gasteiger partial charge in [-0.15, -0.1) is 0 Å². The van der Waals surface area contributed by atoms with Gasteiger partial charge in [0.05, 0.1) is 5.69 Å². The Morgan fingerprint density at radius 1 is 1.47 bits per heavy atom. The molecule has 0 saturated carbocycles. The maximum atomic E-state index is 10.4. The minimum Gasteiger partial charge on any atom is -0.478 e. The van der Waals surface area contributed by atoms with Gasteiger partial charge in [-0.1, -0.05) is 6.07 Å². The van der Waals surface area contributed by atoms with Crippen molar-refractivity contribution in [3.8, 4) is 5.69 Å². The third-order valence-electron chi connectivity index (χ3n) is 2.30. The van der Waals surface area contributed by atoms with Gasteiger partial charge in [0.1, 0.15) is 12.7 Å². The molecule has 0 bridgehead atoms. The summed E-state index contributed by atoms with van der Waals surface area (Å²) in [5.74, 6) is -0.956. The van der Waals surface area contributed by atoms with Crippen LogP contribution in [-0.2, 0) is 4.79 Å². The molecule has 0 unspecified atom stereocenters. The van der Waals surface area contributed by atoms with Crippen molar-refractivity contribution in [2.45, 2.75) is 6.92 Å². The third-order valence-corrected chi connectivity index (χ3v) is 2.30. The molecule has 17 heavy (non-hydrogen) atoms. The first-order chi connectivity index (χ1) is 8.16. The average molecular weight is 229 g/mol. The molecule has 0 aliphatic carbocycles. The molecular formula is C12H11N3O2. The number of carboxylic acids is 1. The van der Waals surface area contributed by atoms with Crippen molar-refractivity contribution >= 4 is 12.0 Å². The van der Waals surface area contributed by atoms with E-state index in [4.69, 9.17) is 5.11 Å². The SMILES string of the molecule is Cc1cc(C=CC(=O)O)ccc1-n1cncn1. The van der Waals surface area contributed by atoms with Gasteiger partial charge in [-0.25, -0.2) is 14.5 Å². The summed E-state index contributed by atoms with van der Waals surface area (Å²) in [6.45, 7) is 1.94. The van der Waals surface area contributed by atoms with Crippen LogP contribution in [0.25, 0.3) is 11.8 Å². The van der Waals surface area contributed by atoms with Crippen LogP contribution in [0, 0.1) is 6.92 Å². The van der Waals surface area contributed by atoms with Gasteiger partial charge in [0.2, 0.25) is 0 Å². The minimum atomic E-state index is -0.956. The van der Waals surface area contributed by atoms with E-state index in [0.717, 1.165) is 22.9 Å². The maximum absolute atomic E-state index is 10.4. The molecule has 0 saturated heterocycles. The summed E-state index contributed by atoms with van der Waals surface area (Å²) >= 11 is 0. The van der Waals surface area contributed by atoms with Crippen molar-refractivity contribution < 1.29 is 9.90 Å². The van der Waals surface area contributed by atoms with Crippen molar-refractivity contribution in [2.24, 2.45) is 0 Å². The Kier molecular flexibility index (Phi) is 3.00. The molecule has 86 valence electrons. The lowest BCUT2D eigenvalue weighted by Gasteiger charge is -2.05. The van der Waals surface area contributed by atoms with Crippen LogP contribution in [0.5, 0.6) is 0 Å². The standard InChI is InChI=1S/C12H11N3O2/c1-9-6-10(3-5-12(16)17)2-4-11(9)15-8-13-7-14-15/h2-8H,1H3,(H,16,17). The van der Waals surface area contributed by atoms with Gasteiger partial charge >= 0.3 is 5.97 Å². The van der Waals surface area contributed by atoms with Crippen LogP contribution >= 0.6 is 0 Å². The summed E-state index contributed by atoms with van der Waals surface area (Å²) in [7, 11) is 0. The zero-order chi connectivity index (χ0) is 12.3. The van der Waals surface area contributed by atoms with Crippen molar-refractivity contribution in [2.75, 3.05) is 0 Å². The van der Waals surface area contributed by atoms with Crippen molar-refractivity contribution in [3.63, 3.8) is 0 Å². The van der Waals surface area contributed by atoms with Gasteiger partial charge in [0.15, 0.2) is 0 Å². The number of hydrogen-bond acceptors (Lipinski definition) is 3. The number of nitrogens with zero attached hydrogens (tertiary/aromatic N) is 3. The normalized spacial score (nSPS) is 10.9. The van der Waals surface area contributed by atoms with E-state index in [0.29, 0.717) is 0 Å². The Labute approximate surface area is 98.0 Å². The molecule has 1 aromatic heterocycles. The fourth-order valence-electron chi connectivity index (χ4n) is 1.54. The minimum absolute atomic E-state index is 0.841. The largest absolute Gasteiger partial charge is 0.478 e. The van der Waals surface area contributed by atoms with Crippen LogP contribution in [0.15, 0.2) is 36.9 Å². The number of carbonyl (C=O) groups is 1. The predicted octanol–water partition coefficient (Wildman–Crippen LogP) is 1.67. The van der Waals surface area contributed by atoms with Crippen LogP contribution in [0.2, 0.25) is 0 Å². The molecule has 0 radical (unpaired) electrons. The van der Waals surface area contributed by atoms with Crippen molar-refractivity contribution in [3.05, 3.63) is 48.1 Å². The number of carboxylic acid groups (broad SMARTS) is 1. The molecule has 0 aliphatic rings. The highest BCUT2D eigenvalue weighted by atomic mass is 16.4. The summed E-state index contributed by atoms with van der Waals surface area (Å²) < 4.78 is 1.67. The summed E-state index contributed by atoms with van der Waals surface area (Å²) in [6, 6.07) is 5.62. The van der Waals surface area contributed by atoms with Gasteiger partial charge in [-0.3, -0.25) is 0 Å². The zero-order valence-electron chi connectivity index (χ0n) is 9.24. The van der Waals surface area contributed by atoms with Crippen LogP contribution in [-0.4, -0.2) is 25.8 Å². The van der Waals surface area contributed by atoms with Gasteiger partial charge in [0, 0.05) is 6.08 Å². The highest BCUT2D eigenvalue weighted by Crippen LogP contribution is 2.15. The number of hydrogen-bond donors (Lipinski definition) is 1. The number of benzene rings is 1. The zero-order valence-corrected chi connectivity index (χ0v) is 9.24. The molecule has 5 nitrogen and oxygen atoms in total. The Bertz CT molecular complexity index is 559. The Hall–Kier alpha value is -2.43. The fraction of sp³-hybridized carbons (Fsp3) is 0.0833. The van der Waals surface area contributed by atoms with Gasteiger partial charge in [-0.05, 0) is 36.3 Å². The lowest BCUT2D eigenvalue weighted by atomic mass is 10.1.